The molecule has 21 heteroatoms. The molecule has 0 spiro atoms. The Kier molecular flexibility index (Phi) is 14.7. The van der Waals surface area contributed by atoms with E-state index in [1.807, 2.05) is 0 Å². The van der Waals surface area contributed by atoms with Gasteiger partial charge in [-0.3, -0.25) is 43.3 Å². The molecule has 3 rings (SSSR count). The normalized spacial score (nSPS) is 13.3. The Morgan fingerprint density at radius 1 is 0.923 bits per heavy atom. The number of hydrogen-bond donors (Lipinski definition) is 10. The second-order valence-corrected chi connectivity index (χ2v) is 11.9. The fraction of sp³-hybridized carbons (Fsp3) is 0.387. The molecule has 2 aromatic heterocycles. The van der Waals surface area contributed by atoms with Gasteiger partial charge in [0.2, 0.25) is 17.8 Å². The molecule has 52 heavy (non-hydrogen) atoms. The van der Waals surface area contributed by atoms with Gasteiger partial charge >= 0.3 is 17.9 Å². The van der Waals surface area contributed by atoms with Gasteiger partial charge in [-0.2, -0.15) is 17.6 Å². The number of nitrogen functional groups attached to an aromatic ring is 1. The zero-order valence-electron chi connectivity index (χ0n) is 27.4. The third kappa shape index (κ3) is 12.1. The van der Waals surface area contributed by atoms with E-state index in [4.69, 9.17) is 21.7 Å². The van der Waals surface area contributed by atoms with Gasteiger partial charge in [0.25, 0.3) is 5.56 Å². The van der Waals surface area contributed by atoms with E-state index in [1.165, 1.54) is 18.3 Å². The van der Waals surface area contributed by atoms with Crippen LogP contribution >= 0.6 is 12.6 Å². The molecule has 0 aliphatic rings. The number of amides is 2. The molecule has 3 aromatic rings. The summed E-state index contributed by atoms with van der Waals surface area (Å²) in [5.74, 6) is -9.79. The highest BCUT2D eigenvalue weighted by Crippen LogP contribution is 2.18. The number of aromatic amines is 1. The lowest BCUT2D eigenvalue weighted by Gasteiger charge is -2.20. The molecule has 1 aromatic carbocycles. The molecule has 0 aliphatic heterocycles. The molecular formula is C31H37N9O11S. The van der Waals surface area contributed by atoms with Crippen molar-refractivity contribution < 1.29 is 48.9 Å². The minimum Gasteiger partial charge on any atom is -0.481 e. The first kappa shape index (κ1) is 40.5. The zero-order chi connectivity index (χ0) is 38.5. The van der Waals surface area contributed by atoms with Crippen LogP contribution in [0.5, 0.6) is 0 Å². The van der Waals surface area contributed by atoms with Gasteiger partial charge in [-0.15, -0.1) is 0 Å². The summed E-state index contributed by atoms with van der Waals surface area (Å²) in [6.45, 7) is -0.280. The highest BCUT2D eigenvalue weighted by Gasteiger charge is 2.30. The zero-order valence-corrected chi connectivity index (χ0v) is 28.3. The van der Waals surface area contributed by atoms with Gasteiger partial charge < -0.3 is 42.7 Å². The Bertz CT molecular complexity index is 1890. The number of carbonyl (C=O) groups excluding carboxylic acids is 4. The summed E-state index contributed by atoms with van der Waals surface area (Å²) in [5, 5.41) is 35.5. The lowest BCUT2D eigenvalue weighted by molar-refractivity contribution is -0.144. The van der Waals surface area contributed by atoms with Gasteiger partial charge in [0, 0.05) is 42.8 Å². The minimum absolute atomic E-state index is 0.0173. The van der Waals surface area contributed by atoms with E-state index in [0.29, 0.717) is 11.4 Å². The quantitative estimate of drug-likeness (QED) is 0.0460. The van der Waals surface area contributed by atoms with Crippen molar-refractivity contribution in [3.05, 3.63) is 52.1 Å². The van der Waals surface area contributed by atoms with Crippen LogP contribution in [0.3, 0.4) is 0 Å². The van der Waals surface area contributed by atoms with Gasteiger partial charge in [-0.1, -0.05) is 0 Å². The predicted molar refractivity (Wildman–Crippen MR) is 185 cm³/mol. The first-order chi connectivity index (χ1) is 24.6. The second-order valence-electron chi connectivity index (χ2n) is 11.6. The Morgan fingerprint density at radius 3 is 2.21 bits per heavy atom. The number of ketones is 2. The molecule has 0 saturated carbocycles. The number of anilines is 2. The molecule has 278 valence electrons. The van der Waals surface area contributed by atoms with Gasteiger partial charge in [0.05, 0.1) is 42.7 Å². The van der Waals surface area contributed by atoms with Crippen molar-refractivity contribution in [2.24, 2.45) is 17.6 Å². The fourth-order valence-corrected chi connectivity index (χ4v) is 4.99. The number of H-pyrrole nitrogens is 1. The molecule has 2 amide bonds. The van der Waals surface area contributed by atoms with Crippen LogP contribution in [0.15, 0.2) is 35.3 Å². The first-order valence-electron chi connectivity index (χ1n) is 15.6. The summed E-state index contributed by atoms with van der Waals surface area (Å²) in [5.41, 5.74) is 12.1. The number of rotatable bonds is 21. The predicted octanol–water partition coefficient (Wildman–Crippen LogP) is -1.05. The summed E-state index contributed by atoms with van der Waals surface area (Å²) < 4.78 is 0. The molecule has 0 aliphatic carbocycles. The van der Waals surface area contributed by atoms with Crippen LogP contribution in [0.2, 0.25) is 0 Å². The number of nitrogens with two attached hydrogens (primary N) is 2. The van der Waals surface area contributed by atoms with Gasteiger partial charge in [0.1, 0.15) is 6.04 Å². The van der Waals surface area contributed by atoms with E-state index in [2.05, 4.69) is 48.5 Å². The van der Waals surface area contributed by atoms with Crippen LogP contribution < -0.4 is 33.0 Å². The monoisotopic (exact) mass is 743 g/mol. The van der Waals surface area contributed by atoms with E-state index in [1.54, 1.807) is 12.1 Å². The van der Waals surface area contributed by atoms with Gasteiger partial charge in [-0.05, 0) is 30.7 Å². The molecule has 11 N–H and O–H groups in total. The minimum atomic E-state index is -1.58. The lowest BCUT2D eigenvalue weighted by atomic mass is 9.94. The number of aliphatic carboxylic acids is 3. The number of aromatic nitrogens is 4. The van der Waals surface area contributed by atoms with Crippen LogP contribution in [0, 0.1) is 11.8 Å². The number of carboxylic acid groups (broad SMARTS) is 3. The summed E-state index contributed by atoms with van der Waals surface area (Å²) in [4.78, 5) is 111. The van der Waals surface area contributed by atoms with Crippen LogP contribution in [-0.2, 0) is 35.3 Å². The summed E-state index contributed by atoms with van der Waals surface area (Å²) in [7, 11) is 0. The largest absolute Gasteiger partial charge is 0.481 e. The first-order valence-corrected chi connectivity index (χ1v) is 16.2. The summed E-state index contributed by atoms with van der Waals surface area (Å²) in [6.07, 6.45) is -0.965. The standard InChI is InChI=1S/C31H37N9O11S/c32-19(27(46)38-20(9-24(44)45)22(42)8-16(13-52)30(50)51)12-35-23(43)6-3-15(29(48)49)7-21(41)14-1-4-17(5-2-14)34-10-18-11-36-26-25(37-18)28(47)40-31(33)39-26/h1-2,4-5,11,15-16,19-20,34,52H,3,6-10,12-13,32H2,(H,35,43)(H,38,46)(H,44,45)(H,48,49)(H,50,51)(H3,33,36,39,40,47)/t15-,16-,19-,20-/m0/s1. The number of thiol groups is 1. The second kappa shape index (κ2) is 18.9. The van der Waals surface area contributed by atoms with Crippen molar-refractivity contribution in [1.29, 1.82) is 0 Å². The van der Waals surface area contributed by atoms with Crippen LogP contribution in [0.1, 0.15) is 48.2 Å². The maximum Gasteiger partial charge on any atom is 0.307 e. The molecule has 0 bridgehead atoms. The number of nitrogens with zero attached hydrogens (tertiary/aromatic N) is 3. The van der Waals surface area contributed by atoms with Crippen molar-refractivity contribution >= 4 is 76.7 Å². The van der Waals surface area contributed by atoms with Crippen molar-refractivity contribution in [3.8, 4) is 0 Å². The lowest BCUT2D eigenvalue weighted by Crippen LogP contribution is -2.53. The Balaban J connectivity index is 1.47. The van der Waals surface area contributed by atoms with E-state index in [9.17, 15) is 43.5 Å². The topological polar surface area (TPSA) is 340 Å². The number of nitrogens with one attached hydrogen (secondary N) is 4. The molecule has 0 unspecified atom stereocenters. The fourth-order valence-electron chi connectivity index (χ4n) is 4.70. The van der Waals surface area contributed by atoms with Crippen LogP contribution in [0.25, 0.3) is 11.2 Å². The van der Waals surface area contributed by atoms with E-state index >= 15 is 0 Å². The molecule has 20 nitrogen and oxygen atoms in total. The number of carboxylic acids is 3. The molecule has 0 saturated heterocycles. The SMILES string of the molecule is Nc1nc2ncc(CNc3ccc(C(=O)C[C@H](CCC(=O)NC[C@H](N)C(=O)N[C@@H](CC(=O)O)C(=O)C[C@@H](CS)C(=O)O)C(=O)O)cc3)nc2c(=O)[nH]1. The highest BCUT2D eigenvalue weighted by molar-refractivity contribution is 7.80. The number of benzene rings is 1. The van der Waals surface area contributed by atoms with Crippen LogP contribution in [-0.4, -0.2) is 101 Å². The number of carbonyl (C=O) groups is 7. The third-order valence-corrected chi connectivity index (χ3v) is 8.07. The molecule has 4 atom stereocenters. The summed E-state index contributed by atoms with van der Waals surface area (Å²) >= 11 is 3.86. The highest BCUT2D eigenvalue weighted by atomic mass is 32.1. The molecule has 0 fully saturated rings. The van der Waals surface area contributed by atoms with Crippen LogP contribution in [0.4, 0.5) is 11.6 Å². The van der Waals surface area contributed by atoms with Gasteiger partial charge in [-0.25, -0.2) is 9.97 Å². The smallest absolute Gasteiger partial charge is 0.307 e. The Labute approximate surface area is 299 Å². The number of fused-ring (bicyclic) bond motifs is 1. The van der Waals surface area contributed by atoms with Gasteiger partial charge in [0.15, 0.2) is 22.7 Å². The van der Waals surface area contributed by atoms with E-state index < -0.39 is 96.6 Å². The van der Waals surface area contributed by atoms with Crippen molar-refractivity contribution in [3.63, 3.8) is 0 Å². The average Bonchev–Trinajstić information content (AvgIpc) is 3.09. The maximum absolute atomic E-state index is 12.9. The Morgan fingerprint density at radius 2 is 1.60 bits per heavy atom. The summed E-state index contributed by atoms with van der Waals surface area (Å²) in [6, 6.07) is 3.15. The maximum atomic E-state index is 12.9. The van der Waals surface area contributed by atoms with Crippen molar-refractivity contribution in [1.82, 2.24) is 30.6 Å². The number of Topliss-reactive ketones (excluding diaryl/α,β-unsaturated/α-hetero) is 2. The molecular weight excluding hydrogens is 706 g/mol. The molecule has 2 heterocycles. The third-order valence-electron chi connectivity index (χ3n) is 7.62. The number of hydrogen-bond acceptors (Lipinski definition) is 15. The average molecular weight is 744 g/mol. The van der Waals surface area contributed by atoms with E-state index in [0.717, 1.165) is 0 Å². The Hall–Kier alpha value is -5.96. The van der Waals surface area contributed by atoms with Crippen molar-refractivity contribution in [2.75, 3.05) is 23.3 Å². The van der Waals surface area contributed by atoms with E-state index in [-0.39, 0.29) is 47.8 Å². The molecule has 0 radical (unpaired) electrons. The van der Waals surface area contributed by atoms with Crippen molar-refractivity contribution in [2.45, 2.75) is 50.7 Å².